The summed E-state index contributed by atoms with van der Waals surface area (Å²) in [5, 5.41) is -0.126. The van der Waals surface area contributed by atoms with Gasteiger partial charge < -0.3 is 4.57 Å². The van der Waals surface area contributed by atoms with Crippen molar-refractivity contribution in [2.45, 2.75) is 43.9 Å². The van der Waals surface area contributed by atoms with Crippen molar-refractivity contribution >= 4 is 10.0 Å². The van der Waals surface area contributed by atoms with E-state index in [0.29, 0.717) is 13.1 Å². The molecular formula is C15H26N4O2S. The van der Waals surface area contributed by atoms with Crippen LogP contribution in [0.4, 0.5) is 0 Å². The molecule has 2 heterocycles. The predicted octanol–water partition coefficient (Wildman–Crippen LogP) is 1.16. The molecule has 1 saturated carbocycles. The van der Waals surface area contributed by atoms with Crippen LogP contribution in [-0.2, 0) is 16.6 Å². The molecule has 7 heteroatoms. The third-order valence-corrected chi connectivity index (χ3v) is 7.30. The fraction of sp³-hybridized carbons (Fsp3) is 0.800. The standard InChI is InChI=1S/C15H26N4O2S/c20-22(21,15-4-2-1-3-5-15)19-12-10-17(11-13-19)8-9-18-7-6-16-14-18/h6-7,14-15H,1-5,8-13H2. The first-order valence-corrected chi connectivity index (χ1v) is 9.83. The van der Waals surface area contributed by atoms with E-state index in [9.17, 15) is 8.42 Å². The normalized spacial score (nSPS) is 22.9. The molecule has 6 nitrogen and oxygen atoms in total. The number of piperazine rings is 1. The van der Waals surface area contributed by atoms with E-state index < -0.39 is 10.0 Å². The molecule has 0 N–H and O–H groups in total. The SMILES string of the molecule is O=S(=O)(C1CCCCC1)N1CCN(CCn2ccnc2)CC1. The molecule has 0 bridgehead atoms. The van der Waals surface area contributed by atoms with E-state index >= 15 is 0 Å². The second-order valence-corrected chi connectivity index (χ2v) is 8.56. The van der Waals surface area contributed by atoms with Crippen molar-refractivity contribution in [1.82, 2.24) is 18.8 Å². The van der Waals surface area contributed by atoms with Crippen LogP contribution < -0.4 is 0 Å². The van der Waals surface area contributed by atoms with Gasteiger partial charge in [0, 0.05) is 51.7 Å². The fourth-order valence-corrected chi connectivity index (χ4v) is 5.48. The second kappa shape index (κ2) is 7.10. The molecule has 1 aromatic heterocycles. The molecule has 1 aliphatic carbocycles. The summed E-state index contributed by atoms with van der Waals surface area (Å²) in [4.78, 5) is 6.38. The summed E-state index contributed by atoms with van der Waals surface area (Å²) < 4.78 is 29.2. The molecule has 0 atom stereocenters. The van der Waals surface area contributed by atoms with Gasteiger partial charge in [0.15, 0.2) is 0 Å². The molecule has 0 unspecified atom stereocenters. The van der Waals surface area contributed by atoms with E-state index in [1.165, 1.54) is 6.42 Å². The highest BCUT2D eigenvalue weighted by molar-refractivity contribution is 7.89. The van der Waals surface area contributed by atoms with Gasteiger partial charge in [-0.15, -0.1) is 0 Å². The smallest absolute Gasteiger partial charge is 0.217 e. The highest BCUT2D eigenvalue weighted by Gasteiger charge is 2.34. The van der Waals surface area contributed by atoms with Crippen LogP contribution in [0.2, 0.25) is 0 Å². The first-order valence-electron chi connectivity index (χ1n) is 8.33. The van der Waals surface area contributed by atoms with Crippen LogP contribution in [0, 0.1) is 0 Å². The lowest BCUT2D eigenvalue weighted by atomic mass is 10.0. The van der Waals surface area contributed by atoms with Crippen LogP contribution in [0.3, 0.4) is 0 Å². The summed E-state index contributed by atoms with van der Waals surface area (Å²) >= 11 is 0. The monoisotopic (exact) mass is 326 g/mol. The van der Waals surface area contributed by atoms with Crippen molar-refractivity contribution in [3.8, 4) is 0 Å². The van der Waals surface area contributed by atoms with Gasteiger partial charge >= 0.3 is 0 Å². The molecule has 0 amide bonds. The molecule has 2 fully saturated rings. The Labute approximate surface area is 133 Å². The van der Waals surface area contributed by atoms with Gasteiger partial charge in [-0.2, -0.15) is 4.31 Å². The van der Waals surface area contributed by atoms with Crippen molar-refractivity contribution in [2.75, 3.05) is 32.7 Å². The van der Waals surface area contributed by atoms with Crippen LogP contribution in [0.25, 0.3) is 0 Å². The number of sulfonamides is 1. The van der Waals surface area contributed by atoms with E-state index in [-0.39, 0.29) is 5.25 Å². The maximum atomic E-state index is 12.7. The van der Waals surface area contributed by atoms with Gasteiger partial charge in [-0.05, 0) is 12.8 Å². The highest BCUT2D eigenvalue weighted by Crippen LogP contribution is 2.26. The summed E-state index contributed by atoms with van der Waals surface area (Å²) in [6.07, 6.45) is 10.6. The lowest BCUT2D eigenvalue weighted by Crippen LogP contribution is -2.51. The Balaban J connectivity index is 1.48. The number of aromatic nitrogens is 2. The summed E-state index contributed by atoms with van der Waals surface area (Å²) in [7, 11) is -3.08. The minimum atomic E-state index is -3.08. The van der Waals surface area contributed by atoms with Gasteiger partial charge in [0.25, 0.3) is 0 Å². The van der Waals surface area contributed by atoms with E-state index in [0.717, 1.165) is 51.9 Å². The Morgan fingerprint density at radius 3 is 2.36 bits per heavy atom. The van der Waals surface area contributed by atoms with E-state index in [4.69, 9.17) is 0 Å². The van der Waals surface area contributed by atoms with Crippen molar-refractivity contribution in [2.24, 2.45) is 0 Å². The van der Waals surface area contributed by atoms with Crippen molar-refractivity contribution in [3.63, 3.8) is 0 Å². The van der Waals surface area contributed by atoms with E-state index in [1.54, 1.807) is 10.5 Å². The summed E-state index contributed by atoms with van der Waals surface area (Å²) in [5.41, 5.74) is 0. The van der Waals surface area contributed by atoms with Crippen LogP contribution in [0.1, 0.15) is 32.1 Å². The molecule has 1 aromatic rings. The molecule has 0 aromatic carbocycles. The second-order valence-electron chi connectivity index (χ2n) is 6.35. The average molecular weight is 326 g/mol. The molecule has 0 spiro atoms. The number of nitrogens with zero attached hydrogens (tertiary/aromatic N) is 4. The van der Waals surface area contributed by atoms with Crippen molar-refractivity contribution < 1.29 is 8.42 Å². The van der Waals surface area contributed by atoms with Crippen LogP contribution >= 0.6 is 0 Å². The van der Waals surface area contributed by atoms with Gasteiger partial charge in [-0.25, -0.2) is 13.4 Å². The summed E-state index contributed by atoms with van der Waals surface area (Å²) in [6.45, 7) is 4.82. The maximum Gasteiger partial charge on any atom is 0.217 e. The molecule has 1 aliphatic heterocycles. The van der Waals surface area contributed by atoms with Gasteiger partial charge in [0.1, 0.15) is 0 Å². The zero-order chi connectivity index (χ0) is 15.4. The molecular weight excluding hydrogens is 300 g/mol. The Morgan fingerprint density at radius 1 is 1.00 bits per heavy atom. The van der Waals surface area contributed by atoms with Gasteiger partial charge in [-0.3, -0.25) is 4.90 Å². The number of hydrogen-bond donors (Lipinski definition) is 0. The first-order chi connectivity index (χ1) is 10.7. The van der Waals surface area contributed by atoms with Gasteiger partial charge in [0.2, 0.25) is 10.0 Å². The highest BCUT2D eigenvalue weighted by atomic mass is 32.2. The van der Waals surface area contributed by atoms with Crippen LogP contribution in [0.5, 0.6) is 0 Å². The molecule has 3 rings (SSSR count). The third kappa shape index (κ3) is 3.70. The molecule has 0 radical (unpaired) electrons. The average Bonchev–Trinajstić information content (AvgIpc) is 3.08. The Hall–Kier alpha value is -0.920. The minimum absolute atomic E-state index is 0.126. The minimum Gasteiger partial charge on any atom is -0.336 e. The van der Waals surface area contributed by atoms with E-state index in [2.05, 4.69) is 14.5 Å². The largest absolute Gasteiger partial charge is 0.336 e. The van der Waals surface area contributed by atoms with Crippen LogP contribution in [-0.4, -0.2) is 65.1 Å². The van der Waals surface area contributed by atoms with Crippen molar-refractivity contribution in [1.29, 1.82) is 0 Å². The molecule has 1 saturated heterocycles. The van der Waals surface area contributed by atoms with Crippen molar-refractivity contribution in [3.05, 3.63) is 18.7 Å². The zero-order valence-corrected chi connectivity index (χ0v) is 13.9. The Kier molecular flexibility index (Phi) is 5.15. The Bertz CT molecular complexity index is 544. The summed E-state index contributed by atoms with van der Waals surface area (Å²) in [5.74, 6) is 0. The maximum absolute atomic E-state index is 12.7. The number of imidazole rings is 1. The van der Waals surface area contributed by atoms with Gasteiger partial charge in [-0.1, -0.05) is 19.3 Å². The summed E-state index contributed by atoms with van der Waals surface area (Å²) in [6, 6.07) is 0. The number of hydrogen-bond acceptors (Lipinski definition) is 4. The Morgan fingerprint density at radius 2 is 1.73 bits per heavy atom. The lowest BCUT2D eigenvalue weighted by Gasteiger charge is -2.36. The zero-order valence-electron chi connectivity index (χ0n) is 13.1. The molecule has 22 heavy (non-hydrogen) atoms. The topological polar surface area (TPSA) is 58.4 Å². The third-order valence-electron chi connectivity index (χ3n) is 4.90. The fourth-order valence-electron chi connectivity index (χ4n) is 3.46. The van der Waals surface area contributed by atoms with E-state index in [1.807, 2.05) is 12.5 Å². The first kappa shape index (κ1) is 16.0. The van der Waals surface area contributed by atoms with Gasteiger partial charge in [0.05, 0.1) is 11.6 Å². The molecule has 2 aliphatic rings. The molecule has 124 valence electrons. The lowest BCUT2D eigenvalue weighted by molar-refractivity contribution is 0.181. The quantitative estimate of drug-likeness (QED) is 0.815. The predicted molar refractivity (Wildman–Crippen MR) is 86.0 cm³/mol. The van der Waals surface area contributed by atoms with Crippen LogP contribution in [0.15, 0.2) is 18.7 Å². The number of rotatable bonds is 5.